The van der Waals surface area contributed by atoms with Crippen molar-refractivity contribution in [2.45, 2.75) is 25.7 Å². The van der Waals surface area contributed by atoms with Crippen molar-refractivity contribution < 1.29 is 9.47 Å². The maximum Gasteiger partial charge on any atom is 0.158 e. The second-order valence-electron chi connectivity index (χ2n) is 5.82. The molecule has 1 aliphatic rings. The Hall–Kier alpha value is -1.91. The van der Waals surface area contributed by atoms with Crippen LogP contribution >= 0.6 is 12.2 Å². The fourth-order valence-corrected chi connectivity index (χ4v) is 2.90. The van der Waals surface area contributed by atoms with Crippen molar-refractivity contribution in [2.24, 2.45) is 0 Å². The number of hydrogen-bond donors (Lipinski definition) is 1. The van der Waals surface area contributed by atoms with E-state index in [9.17, 15) is 0 Å². The second-order valence-corrected chi connectivity index (χ2v) is 6.09. The Labute approximate surface area is 136 Å². The number of rotatable bonds is 3. The molecule has 0 radical (unpaired) electrons. The monoisotopic (exact) mass is 313 g/mol. The lowest BCUT2D eigenvalue weighted by molar-refractivity contribution is -0.0406. The van der Waals surface area contributed by atoms with E-state index in [0.717, 1.165) is 28.1 Å². The molecule has 4 heteroatoms. The molecule has 0 bridgehead atoms. The van der Waals surface area contributed by atoms with Crippen LogP contribution in [0.25, 0.3) is 11.1 Å². The van der Waals surface area contributed by atoms with Gasteiger partial charge in [0.05, 0.1) is 12.7 Å². The summed E-state index contributed by atoms with van der Waals surface area (Å²) >= 11 is 5.01. The van der Waals surface area contributed by atoms with E-state index in [1.54, 1.807) is 12.5 Å². The molecule has 1 unspecified atom stereocenters. The highest BCUT2D eigenvalue weighted by Crippen LogP contribution is 2.39. The van der Waals surface area contributed by atoms with E-state index < -0.39 is 5.60 Å². The first kappa shape index (κ1) is 15.0. The van der Waals surface area contributed by atoms with Crippen molar-refractivity contribution in [3.8, 4) is 16.9 Å². The summed E-state index contributed by atoms with van der Waals surface area (Å²) in [7, 11) is 1.68. The van der Waals surface area contributed by atoms with Crippen LogP contribution < -0.4 is 10.1 Å². The number of ether oxygens (including phenoxy) is 2. The Morgan fingerprint density at radius 3 is 2.68 bits per heavy atom. The standard InChI is InChI=1S/C18H19NO2S/c1-18(2)15-10-13(12-5-4-6-14(9-12)20-3)7-8-16(15)19-17(11-22)21-18/h4-11,17,19H,1-3H3. The van der Waals surface area contributed by atoms with Crippen molar-refractivity contribution in [3.05, 3.63) is 48.0 Å². The minimum absolute atomic E-state index is 0.236. The highest BCUT2D eigenvalue weighted by Gasteiger charge is 2.32. The molecule has 0 saturated heterocycles. The molecular formula is C18H19NO2S. The molecule has 1 atom stereocenters. The van der Waals surface area contributed by atoms with Gasteiger partial charge in [0.15, 0.2) is 6.23 Å². The number of methoxy groups -OCH3 is 1. The molecule has 2 aromatic carbocycles. The van der Waals surface area contributed by atoms with E-state index in [2.05, 4.69) is 43.4 Å². The summed E-state index contributed by atoms with van der Waals surface area (Å²) in [5.74, 6) is 0.852. The third-order valence-electron chi connectivity index (χ3n) is 3.91. The van der Waals surface area contributed by atoms with Gasteiger partial charge in [0.2, 0.25) is 0 Å². The Balaban J connectivity index is 2.05. The summed E-state index contributed by atoms with van der Waals surface area (Å²) in [5, 5.41) is 4.91. The number of nitrogens with one attached hydrogen (secondary N) is 1. The van der Waals surface area contributed by atoms with Crippen molar-refractivity contribution in [1.82, 2.24) is 0 Å². The predicted octanol–water partition coefficient (Wildman–Crippen LogP) is 4.37. The largest absolute Gasteiger partial charge is 0.497 e. The van der Waals surface area contributed by atoms with Crippen LogP contribution in [0.4, 0.5) is 5.69 Å². The molecule has 1 N–H and O–H groups in total. The molecule has 0 aromatic heterocycles. The molecule has 1 heterocycles. The number of fused-ring (bicyclic) bond motifs is 1. The van der Waals surface area contributed by atoms with Gasteiger partial charge in [0.1, 0.15) is 5.75 Å². The van der Waals surface area contributed by atoms with Crippen LogP contribution in [-0.2, 0) is 10.3 Å². The lowest BCUT2D eigenvalue weighted by atomic mass is 9.91. The van der Waals surface area contributed by atoms with Crippen LogP contribution in [0, 0.1) is 0 Å². The van der Waals surface area contributed by atoms with Gasteiger partial charge in [-0.25, -0.2) is 0 Å². The minimum Gasteiger partial charge on any atom is -0.497 e. The van der Waals surface area contributed by atoms with Gasteiger partial charge >= 0.3 is 0 Å². The van der Waals surface area contributed by atoms with Crippen LogP contribution in [0.2, 0.25) is 0 Å². The van der Waals surface area contributed by atoms with Crippen LogP contribution in [0.15, 0.2) is 42.5 Å². The summed E-state index contributed by atoms with van der Waals surface area (Å²) in [6.07, 6.45) is -0.236. The molecule has 0 aliphatic carbocycles. The molecule has 0 amide bonds. The molecule has 0 saturated carbocycles. The van der Waals surface area contributed by atoms with Gasteiger partial charge in [0, 0.05) is 16.6 Å². The van der Waals surface area contributed by atoms with Crippen molar-refractivity contribution >= 4 is 23.3 Å². The zero-order valence-corrected chi connectivity index (χ0v) is 13.7. The Morgan fingerprint density at radius 2 is 1.95 bits per heavy atom. The zero-order valence-electron chi connectivity index (χ0n) is 12.9. The van der Waals surface area contributed by atoms with Crippen molar-refractivity contribution in [2.75, 3.05) is 12.4 Å². The van der Waals surface area contributed by atoms with Gasteiger partial charge in [-0.1, -0.05) is 30.4 Å². The maximum atomic E-state index is 5.99. The lowest BCUT2D eigenvalue weighted by Gasteiger charge is -2.37. The normalized spacial score (nSPS) is 19.0. The SMILES string of the molecule is COc1cccc(-c2ccc3c(c2)C(C)(C)OC(C=S)N3)c1. The lowest BCUT2D eigenvalue weighted by Crippen LogP contribution is -2.39. The minimum atomic E-state index is -0.393. The third-order valence-corrected chi connectivity index (χ3v) is 4.16. The van der Waals surface area contributed by atoms with Gasteiger partial charge in [-0.3, -0.25) is 0 Å². The number of benzene rings is 2. The van der Waals surface area contributed by atoms with Crippen LogP contribution in [0.5, 0.6) is 5.75 Å². The highest BCUT2D eigenvalue weighted by molar-refractivity contribution is 7.79. The molecular weight excluding hydrogens is 294 g/mol. The molecule has 114 valence electrons. The van der Waals surface area contributed by atoms with Crippen molar-refractivity contribution in [3.63, 3.8) is 0 Å². The number of thiocarbonyl (C=S) groups is 1. The van der Waals surface area contributed by atoms with E-state index in [1.165, 1.54) is 0 Å². The van der Waals surface area contributed by atoms with Crippen molar-refractivity contribution in [1.29, 1.82) is 0 Å². The Kier molecular flexibility index (Phi) is 3.89. The summed E-state index contributed by atoms with van der Waals surface area (Å²) in [6, 6.07) is 14.4. The first-order valence-corrected chi connectivity index (χ1v) is 7.69. The first-order valence-electron chi connectivity index (χ1n) is 7.22. The summed E-state index contributed by atoms with van der Waals surface area (Å²) in [4.78, 5) is 0. The van der Waals surface area contributed by atoms with Gasteiger partial charge in [0.25, 0.3) is 0 Å². The number of anilines is 1. The molecule has 3 rings (SSSR count). The molecule has 2 aromatic rings. The number of hydrogen-bond acceptors (Lipinski definition) is 4. The molecule has 3 nitrogen and oxygen atoms in total. The third kappa shape index (κ3) is 2.72. The molecule has 1 aliphatic heterocycles. The average Bonchev–Trinajstić information content (AvgIpc) is 2.54. The van der Waals surface area contributed by atoms with Gasteiger partial charge in [-0.15, -0.1) is 0 Å². The quantitative estimate of drug-likeness (QED) is 0.853. The van der Waals surface area contributed by atoms with Gasteiger partial charge < -0.3 is 14.8 Å². The van der Waals surface area contributed by atoms with Crippen LogP contribution in [0.3, 0.4) is 0 Å². The topological polar surface area (TPSA) is 30.5 Å². The highest BCUT2D eigenvalue weighted by atomic mass is 32.1. The fraction of sp³-hybridized carbons (Fsp3) is 0.278. The Bertz CT molecular complexity index is 712. The summed E-state index contributed by atoms with van der Waals surface area (Å²) in [6.45, 7) is 4.13. The van der Waals surface area contributed by atoms with E-state index in [0.29, 0.717) is 0 Å². The molecule has 0 fully saturated rings. The predicted molar refractivity (Wildman–Crippen MR) is 93.6 cm³/mol. The smallest absolute Gasteiger partial charge is 0.158 e. The van der Waals surface area contributed by atoms with Gasteiger partial charge in [-0.05, 0) is 49.2 Å². The second kappa shape index (κ2) is 5.71. The molecule has 0 spiro atoms. The summed E-state index contributed by atoms with van der Waals surface area (Å²) < 4.78 is 11.3. The average molecular weight is 313 g/mol. The van der Waals surface area contributed by atoms with Crippen LogP contribution in [0.1, 0.15) is 19.4 Å². The fourth-order valence-electron chi connectivity index (χ4n) is 2.78. The summed E-state index contributed by atoms with van der Waals surface area (Å²) in [5.41, 5.74) is 4.05. The van der Waals surface area contributed by atoms with E-state index >= 15 is 0 Å². The Morgan fingerprint density at radius 1 is 1.18 bits per heavy atom. The zero-order chi connectivity index (χ0) is 15.7. The van der Waals surface area contributed by atoms with E-state index in [1.807, 2.05) is 18.2 Å². The maximum absolute atomic E-state index is 5.99. The molecule has 22 heavy (non-hydrogen) atoms. The van der Waals surface area contributed by atoms with E-state index in [-0.39, 0.29) is 6.23 Å². The van der Waals surface area contributed by atoms with Crippen LogP contribution in [-0.4, -0.2) is 18.7 Å². The van der Waals surface area contributed by atoms with Gasteiger partial charge in [-0.2, -0.15) is 0 Å². The van der Waals surface area contributed by atoms with E-state index in [4.69, 9.17) is 21.7 Å². The first-order chi connectivity index (χ1) is 10.5.